The molecule has 0 atom stereocenters. The Bertz CT molecular complexity index is 622. The molecule has 2 aliphatic rings. The summed E-state index contributed by atoms with van der Waals surface area (Å²) < 4.78 is 0. The van der Waals surface area contributed by atoms with Crippen molar-refractivity contribution in [2.45, 2.75) is 24.2 Å². The number of rotatable bonds is 4. The Morgan fingerprint density at radius 3 is 2.48 bits per heavy atom. The Kier molecular flexibility index (Phi) is 5.46. The largest absolute Gasteiger partial charge is 0.294 e. The molecule has 3 rings (SSSR count). The topological polar surface area (TPSA) is 40.6 Å². The van der Waals surface area contributed by atoms with Crippen LogP contribution in [0, 0.1) is 0 Å². The molecule has 122 valence electrons. The summed E-state index contributed by atoms with van der Waals surface area (Å²) in [6, 6.07) is 8.00. The fraction of sp³-hybridized carbons (Fsp3) is 0.412. The molecule has 1 aromatic rings. The van der Waals surface area contributed by atoms with Crippen LogP contribution in [0.4, 0.5) is 4.79 Å². The van der Waals surface area contributed by atoms with Crippen LogP contribution < -0.4 is 0 Å². The molecule has 2 heterocycles. The van der Waals surface area contributed by atoms with Crippen molar-refractivity contribution in [3.05, 3.63) is 34.7 Å². The fourth-order valence-electron chi connectivity index (χ4n) is 2.77. The van der Waals surface area contributed by atoms with Crippen LogP contribution in [0.1, 0.15) is 24.8 Å². The molecule has 0 aliphatic carbocycles. The van der Waals surface area contributed by atoms with E-state index in [2.05, 4.69) is 4.90 Å². The van der Waals surface area contributed by atoms with Crippen molar-refractivity contribution in [1.29, 1.82) is 0 Å². The van der Waals surface area contributed by atoms with Crippen LogP contribution in [0.5, 0.6) is 0 Å². The second-order valence-corrected chi connectivity index (χ2v) is 7.58. The summed E-state index contributed by atoms with van der Waals surface area (Å²) in [5.74, 6) is -0.167. The Labute approximate surface area is 145 Å². The van der Waals surface area contributed by atoms with E-state index in [1.165, 1.54) is 16.2 Å². The first-order valence-electron chi connectivity index (χ1n) is 7.79. The van der Waals surface area contributed by atoms with Crippen LogP contribution in [0.25, 0.3) is 6.08 Å². The first-order valence-corrected chi connectivity index (χ1v) is 9.83. The van der Waals surface area contributed by atoms with Gasteiger partial charge >= 0.3 is 0 Å². The number of likely N-dealkylation sites (tertiary alicyclic amines) is 1. The van der Waals surface area contributed by atoms with Gasteiger partial charge in [0.05, 0.1) is 11.6 Å². The normalized spacial score (nSPS) is 21.4. The summed E-state index contributed by atoms with van der Waals surface area (Å²) in [7, 11) is 0. The molecular weight excluding hydrogens is 328 g/mol. The third kappa shape index (κ3) is 4.00. The minimum Gasteiger partial charge on any atom is -0.286 e. The van der Waals surface area contributed by atoms with Crippen molar-refractivity contribution in [1.82, 2.24) is 9.80 Å². The lowest BCUT2D eigenvalue weighted by molar-refractivity contribution is -0.124. The van der Waals surface area contributed by atoms with E-state index in [1.807, 2.05) is 36.6 Å². The average Bonchev–Trinajstić information content (AvgIpc) is 2.84. The number of thioether (sulfide) groups is 2. The summed E-state index contributed by atoms with van der Waals surface area (Å²) >= 11 is 2.72. The SMILES string of the molecule is CSc1ccc(/C=C2/SC(=O)N(CN3CCCCC3)C2=O)cc1. The number of carbonyl (C=O) groups is 2. The molecule has 0 bridgehead atoms. The lowest BCUT2D eigenvalue weighted by atomic mass is 10.1. The first kappa shape index (κ1) is 16.6. The molecule has 2 amide bonds. The minimum atomic E-state index is -0.167. The Balaban J connectivity index is 1.70. The molecule has 0 saturated carbocycles. The maximum absolute atomic E-state index is 12.5. The average molecular weight is 348 g/mol. The highest BCUT2D eigenvalue weighted by Gasteiger charge is 2.36. The van der Waals surface area contributed by atoms with Gasteiger partial charge in [-0.15, -0.1) is 11.8 Å². The van der Waals surface area contributed by atoms with Gasteiger partial charge < -0.3 is 0 Å². The van der Waals surface area contributed by atoms with Gasteiger partial charge in [0.2, 0.25) is 0 Å². The predicted molar refractivity (Wildman–Crippen MR) is 96.3 cm³/mol. The summed E-state index contributed by atoms with van der Waals surface area (Å²) in [4.78, 5) is 29.9. The molecule has 2 saturated heterocycles. The molecule has 4 nitrogen and oxygen atoms in total. The van der Waals surface area contributed by atoms with E-state index in [0.717, 1.165) is 43.3 Å². The number of amides is 2. The highest BCUT2D eigenvalue weighted by atomic mass is 32.2. The molecule has 1 aromatic carbocycles. The van der Waals surface area contributed by atoms with Crippen LogP contribution >= 0.6 is 23.5 Å². The zero-order valence-corrected chi connectivity index (χ0v) is 14.8. The number of piperidine rings is 1. The van der Waals surface area contributed by atoms with Gasteiger partial charge in [-0.25, -0.2) is 0 Å². The maximum atomic E-state index is 12.5. The molecule has 0 radical (unpaired) electrons. The number of imide groups is 1. The molecule has 2 fully saturated rings. The van der Waals surface area contributed by atoms with E-state index < -0.39 is 0 Å². The number of hydrogen-bond donors (Lipinski definition) is 0. The van der Waals surface area contributed by atoms with Crippen molar-refractivity contribution in [2.24, 2.45) is 0 Å². The molecule has 0 spiro atoms. The van der Waals surface area contributed by atoms with Gasteiger partial charge in [-0.05, 0) is 67.7 Å². The lowest BCUT2D eigenvalue weighted by Crippen LogP contribution is -2.42. The van der Waals surface area contributed by atoms with Crippen molar-refractivity contribution in [3.8, 4) is 0 Å². The van der Waals surface area contributed by atoms with Gasteiger partial charge in [-0.3, -0.25) is 19.4 Å². The van der Waals surface area contributed by atoms with E-state index in [9.17, 15) is 9.59 Å². The standard InChI is InChI=1S/C17H20N2O2S2/c1-22-14-7-5-13(6-8-14)11-15-16(20)19(17(21)23-15)12-18-9-3-2-4-10-18/h5-8,11H,2-4,9-10,12H2,1H3/b15-11+. The molecule has 6 heteroatoms. The quantitative estimate of drug-likeness (QED) is 0.610. The van der Waals surface area contributed by atoms with E-state index in [4.69, 9.17) is 0 Å². The molecule has 0 unspecified atom stereocenters. The van der Waals surface area contributed by atoms with Crippen molar-refractivity contribution >= 4 is 40.7 Å². The second-order valence-electron chi connectivity index (χ2n) is 5.70. The predicted octanol–water partition coefficient (Wildman–Crippen LogP) is 3.89. The lowest BCUT2D eigenvalue weighted by Gasteiger charge is -2.29. The summed E-state index contributed by atoms with van der Waals surface area (Å²) in [6.45, 7) is 2.36. The fourth-order valence-corrected chi connectivity index (χ4v) is 4.01. The first-order chi connectivity index (χ1) is 11.2. The second kappa shape index (κ2) is 7.55. The third-order valence-electron chi connectivity index (χ3n) is 4.08. The van der Waals surface area contributed by atoms with E-state index in [0.29, 0.717) is 11.6 Å². The minimum absolute atomic E-state index is 0.160. The molecule has 0 N–H and O–H groups in total. The molecule has 0 aromatic heterocycles. The van der Waals surface area contributed by atoms with Gasteiger partial charge in [-0.2, -0.15) is 0 Å². The number of benzene rings is 1. The van der Waals surface area contributed by atoms with Gasteiger partial charge in [0.25, 0.3) is 11.1 Å². The van der Waals surface area contributed by atoms with Crippen LogP contribution in [0.3, 0.4) is 0 Å². The van der Waals surface area contributed by atoms with E-state index in [-0.39, 0.29) is 11.1 Å². The Hall–Kier alpha value is -1.24. The smallest absolute Gasteiger partial charge is 0.286 e. The zero-order valence-electron chi connectivity index (χ0n) is 13.2. The van der Waals surface area contributed by atoms with Gasteiger partial charge in [-0.1, -0.05) is 18.6 Å². The van der Waals surface area contributed by atoms with Crippen molar-refractivity contribution in [2.75, 3.05) is 26.0 Å². The Morgan fingerprint density at radius 2 is 1.83 bits per heavy atom. The third-order valence-corrected chi connectivity index (χ3v) is 5.73. The molecule has 23 heavy (non-hydrogen) atoms. The highest BCUT2D eigenvalue weighted by Crippen LogP contribution is 2.32. The van der Waals surface area contributed by atoms with E-state index >= 15 is 0 Å². The Morgan fingerprint density at radius 1 is 1.13 bits per heavy atom. The highest BCUT2D eigenvalue weighted by molar-refractivity contribution is 8.18. The van der Waals surface area contributed by atoms with Crippen molar-refractivity contribution in [3.63, 3.8) is 0 Å². The molecular formula is C17H20N2O2S2. The number of hydrogen-bond acceptors (Lipinski definition) is 5. The van der Waals surface area contributed by atoms with Crippen LogP contribution in [-0.4, -0.2) is 47.0 Å². The van der Waals surface area contributed by atoms with Gasteiger partial charge in [0.15, 0.2) is 0 Å². The number of carbonyl (C=O) groups excluding carboxylic acids is 2. The monoisotopic (exact) mass is 348 g/mol. The van der Waals surface area contributed by atoms with Crippen LogP contribution in [0.15, 0.2) is 34.1 Å². The molecule has 2 aliphatic heterocycles. The number of nitrogens with zero attached hydrogens (tertiary/aromatic N) is 2. The van der Waals surface area contributed by atoms with Crippen molar-refractivity contribution < 1.29 is 9.59 Å². The summed E-state index contributed by atoms with van der Waals surface area (Å²) in [6.07, 6.45) is 7.37. The van der Waals surface area contributed by atoms with Gasteiger partial charge in [0.1, 0.15) is 0 Å². The van der Waals surface area contributed by atoms with Crippen LogP contribution in [-0.2, 0) is 4.79 Å². The van der Waals surface area contributed by atoms with Crippen LogP contribution in [0.2, 0.25) is 0 Å². The zero-order chi connectivity index (χ0) is 16.2. The summed E-state index contributed by atoms with van der Waals surface area (Å²) in [5.41, 5.74) is 0.950. The summed E-state index contributed by atoms with van der Waals surface area (Å²) in [5, 5.41) is -0.160. The van der Waals surface area contributed by atoms with Gasteiger partial charge in [0, 0.05) is 4.90 Å². The maximum Gasteiger partial charge on any atom is 0.294 e. The van der Waals surface area contributed by atoms with E-state index in [1.54, 1.807) is 11.8 Å².